The molecule has 0 aromatic heterocycles. The van der Waals surface area contributed by atoms with Gasteiger partial charge in [-0.1, -0.05) is 13.0 Å². The summed E-state index contributed by atoms with van der Waals surface area (Å²) in [5.41, 5.74) is 6.84. The molecule has 0 spiro atoms. The van der Waals surface area contributed by atoms with Crippen LogP contribution in [-0.4, -0.2) is 36.2 Å². The van der Waals surface area contributed by atoms with E-state index in [4.69, 9.17) is 10.5 Å². The smallest absolute Gasteiger partial charge is 0.123 e. The van der Waals surface area contributed by atoms with E-state index in [1.54, 1.807) is 13.2 Å². The van der Waals surface area contributed by atoms with Crippen LogP contribution >= 0.6 is 0 Å². The molecule has 1 heterocycles. The van der Waals surface area contributed by atoms with Gasteiger partial charge in [0.15, 0.2) is 0 Å². The second-order valence-electron chi connectivity index (χ2n) is 5.39. The van der Waals surface area contributed by atoms with Crippen molar-refractivity contribution in [2.75, 3.05) is 20.2 Å². The van der Waals surface area contributed by atoms with Crippen molar-refractivity contribution in [3.8, 4) is 11.5 Å². The van der Waals surface area contributed by atoms with Crippen molar-refractivity contribution in [1.82, 2.24) is 4.90 Å². The highest BCUT2D eigenvalue weighted by molar-refractivity contribution is 5.39. The highest BCUT2D eigenvalue weighted by atomic mass is 16.5. The fraction of sp³-hybridized carbons (Fsp3) is 0.600. The Morgan fingerprint density at radius 1 is 1.47 bits per heavy atom. The molecular weight excluding hydrogens is 240 g/mol. The minimum atomic E-state index is 0.299. The lowest BCUT2D eigenvalue weighted by atomic mass is 9.90. The summed E-state index contributed by atoms with van der Waals surface area (Å²) in [6.07, 6.45) is 2.45. The topological polar surface area (TPSA) is 58.7 Å². The number of phenolic OH excluding ortho intramolecular Hbond substituents is 1. The number of likely N-dealkylation sites (tertiary alicyclic amines) is 1. The summed E-state index contributed by atoms with van der Waals surface area (Å²) in [6.45, 7) is 4.75. The van der Waals surface area contributed by atoms with Crippen LogP contribution in [0.3, 0.4) is 0 Å². The number of phenols is 1. The minimum Gasteiger partial charge on any atom is -0.507 e. The van der Waals surface area contributed by atoms with Crippen LogP contribution in [0.25, 0.3) is 0 Å². The van der Waals surface area contributed by atoms with Crippen molar-refractivity contribution < 1.29 is 9.84 Å². The first-order valence-corrected chi connectivity index (χ1v) is 6.95. The summed E-state index contributed by atoms with van der Waals surface area (Å²) >= 11 is 0. The van der Waals surface area contributed by atoms with Gasteiger partial charge in [0.2, 0.25) is 0 Å². The minimum absolute atomic E-state index is 0.299. The molecule has 4 nitrogen and oxygen atoms in total. The highest BCUT2D eigenvalue weighted by Crippen LogP contribution is 2.28. The van der Waals surface area contributed by atoms with Crippen LogP contribution in [0.5, 0.6) is 11.5 Å². The predicted molar refractivity (Wildman–Crippen MR) is 76.3 cm³/mol. The zero-order chi connectivity index (χ0) is 13.8. The maximum Gasteiger partial charge on any atom is 0.123 e. The van der Waals surface area contributed by atoms with E-state index in [-0.39, 0.29) is 0 Å². The van der Waals surface area contributed by atoms with Gasteiger partial charge in [0.05, 0.1) is 7.11 Å². The monoisotopic (exact) mass is 264 g/mol. The first-order valence-electron chi connectivity index (χ1n) is 6.95. The van der Waals surface area contributed by atoms with Crippen LogP contribution in [-0.2, 0) is 6.54 Å². The predicted octanol–water partition coefficient (Wildman–Crippen LogP) is 1.96. The van der Waals surface area contributed by atoms with Crippen molar-refractivity contribution in [2.24, 2.45) is 11.7 Å². The van der Waals surface area contributed by atoms with Gasteiger partial charge in [-0.25, -0.2) is 0 Å². The van der Waals surface area contributed by atoms with Crippen LogP contribution in [0.15, 0.2) is 18.2 Å². The van der Waals surface area contributed by atoms with E-state index in [0.29, 0.717) is 30.0 Å². The van der Waals surface area contributed by atoms with Gasteiger partial charge < -0.3 is 15.6 Å². The molecule has 1 aromatic rings. The maximum atomic E-state index is 10.0. The molecule has 0 bridgehead atoms. The number of nitrogens with two attached hydrogens (primary N) is 1. The Bertz CT molecular complexity index is 423. The van der Waals surface area contributed by atoms with Gasteiger partial charge in [-0.05, 0) is 31.4 Å². The van der Waals surface area contributed by atoms with Gasteiger partial charge in [0, 0.05) is 30.8 Å². The fourth-order valence-corrected chi connectivity index (χ4v) is 2.94. The molecule has 1 aromatic carbocycles. The van der Waals surface area contributed by atoms with Gasteiger partial charge in [-0.15, -0.1) is 0 Å². The van der Waals surface area contributed by atoms with Crippen molar-refractivity contribution in [3.63, 3.8) is 0 Å². The maximum absolute atomic E-state index is 10.0. The van der Waals surface area contributed by atoms with E-state index in [9.17, 15) is 5.11 Å². The Kier molecular flexibility index (Phi) is 4.66. The van der Waals surface area contributed by atoms with Gasteiger partial charge in [-0.2, -0.15) is 0 Å². The third kappa shape index (κ3) is 3.19. The van der Waals surface area contributed by atoms with Crippen LogP contribution in [0.4, 0.5) is 0 Å². The van der Waals surface area contributed by atoms with Crippen molar-refractivity contribution in [1.29, 1.82) is 0 Å². The molecule has 1 aliphatic heterocycles. The molecule has 2 rings (SSSR count). The lowest BCUT2D eigenvalue weighted by Crippen LogP contribution is -2.48. The molecular formula is C15H24N2O2. The van der Waals surface area contributed by atoms with E-state index < -0.39 is 0 Å². The summed E-state index contributed by atoms with van der Waals surface area (Å²) in [5.74, 6) is 1.61. The van der Waals surface area contributed by atoms with Gasteiger partial charge in [0.25, 0.3) is 0 Å². The summed E-state index contributed by atoms with van der Waals surface area (Å²) in [7, 11) is 1.60. The summed E-state index contributed by atoms with van der Waals surface area (Å²) in [5, 5.41) is 10.0. The summed E-state index contributed by atoms with van der Waals surface area (Å²) < 4.78 is 5.11. The second kappa shape index (κ2) is 6.26. The van der Waals surface area contributed by atoms with Crippen molar-refractivity contribution in [3.05, 3.63) is 23.8 Å². The molecule has 2 unspecified atom stereocenters. The average Bonchev–Trinajstić information content (AvgIpc) is 2.41. The van der Waals surface area contributed by atoms with E-state index >= 15 is 0 Å². The molecule has 0 amide bonds. The highest BCUT2D eigenvalue weighted by Gasteiger charge is 2.27. The van der Waals surface area contributed by atoms with E-state index in [1.165, 1.54) is 12.8 Å². The van der Waals surface area contributed by atoms with Gasteiger partial charge >= 0.3 is 0 Å². The second-order valence-corrected chi connectivity index (χ2v) is 5.39. The number of ether oxygens (including phenoxy) is 1. The van der Waals surface area contributed by atoms with E-state index in [2.05, 4.69) is 11.8 Å². The Morgan fingerprint density at radius 3 is 2.89 bits per heavy atom. The number of methoxy groups -OCH3 is 1. The largest absolute Gasteiger partial charge is 0.507 e. The molecule has 0 radical (unpaired) electrons. The molecule has 1 fully saturated rings. The Balaban J connectivity index is 2.11. The van der Waals surface area contributed by atoms with Crippen LogP contribution < -0.4 is 10.5 Å². The Morgan fingerprint density at radius 2 is 2.26 bits per heavy atom. The van der Waals surface area contributed by atoms with Crippen LogP contribution in [0.1, 0.15) is 25.3 Å². The number of hydrogen-bond donors (Lipinski definition) is 2. The quantitative estimate of drug-likeness (QED) is 0.873. The molecule has 0 saturated carbocycles. The number of piperidine rings is 1. The Hall–Kier alpha value is -1.26. The SMILES string of the molecule is COc1ccc(CN2CCCC(C)C2CN)c(O)c1. The molecule has 19 heavy (non-hydrogen) atoms. The molecule has 106 valence electrons. The number of hydrogen-bond acceptors (Lipinski definition) is 4. The number of aromatic hydroxyl groups is 1. The van der Waals surface area contributed by atoms with Crippen molar-refractivity contribution in [2.45, 2.75) is 32.4 Å². The van der Waals surface area contributed by atoms with E-state index in [1.807, 2.05) is 12.1 Å². The molecule has 4 heteroatoms. The van der Waals surface area contributed by atoms with Gasteiger partial charge in [0.1, 0.15) is 11.5 Å². The molecule has 1 aliphatic rings. The lowest BCUT2D eigenvalue weighted by Gasteiger charge is -2.39. The van der Waals surface area contributed by atoms with Crippen LogP contribution in [0, 0.1) is 5.92 Å². The molecule has 2 atom stereocenters. The first-order chi connectivity index (χ1) is 9.15. The number of benzene rings is 1. The standard InChI is InChI=1S/C15H24N2O2/c1-11-4-3-7-17(14(11)9-16)10-12-5-6-13(19-2)8-15(12)18/h5-6,8,11,14,18H,3-4,7,9-10,16H2,1-2H3. The average molecular weight is 264 g/mol. The molecule has 3 N–H and O–H groups in total. The zero-order valence-corrected chi connectivity index (χ0v) is 11.8. The van der Waals surface area contributed by atoms with Crippen molar-refractivity contribution >= 4 is 0 Å². The van der Waals surface area contributed by atoms with Gasteiger partial charge in [-0.3, -0.25) is 4.90 Å². The molecule has 0 aliphatic carbocycles. The third-order valence-electron chi connectivity index (χ3n) is 4.14. The van der Waals surface area contributed by atoms with E-state index in [0.717, 1.165) is 18.7 Å². The molecule has 1 saturated heterocycles. The van der Waals surface area contributed by atoms with Crippen LogP contribution in [0.2, 0.25) is 0 Å². The summed E-state index contributed by atoms with van der Waals surface area (Å²) in [4.78, 5) is 2.38. The third-order valence-corrected chi connectivity index (χ3v) is 4.14. The Labute approximate surface area is 115 Å². The number of nitrogens with zero attached hydrogens (tertiary/aromatic N) is 1. The normalized spacial score (nSPS) is 24.4. The number of rotatable bonds is 4. The lowest BCUT2D eigenvalue weighted by molar-refractivity contribution is 0.0982. The fourth-order valence-electron chi connectivity index (χ4n) is 2.94. The summed E-state index contributed by atoms with van der Waals surface area (Å²) in [6, 6.07) is 5.90. The first kappa shape index (κ1) is 14.2. The zero-order valence-electron chi connectivity index (χ0n) is 11.8.